The summed E-state index contributed by atoms with van der Waals surface area (Å²) in [5.74, 6) is 1.16. The van der Waals surface area contributed by atoms with Crippen molar-refractivity contribution in [2.24, 2.45) is 5.92 Å². The molecule has 1 aromatic rings. The van der Waals surface area contributed by atoms with Crippen LogP contribution in [0.25, 0.3) is 0 Å². The molecule has 1 saturated carbocycles. The predicted octanol–water partition coefficient (Wildman–Crippen LogP) is 2.84. The van der Waals surface area contributed by atoms with E-state index in [0.717, 1.165) is 44.3 Å². The Bertz CT molecular complexity index is 342. The molecule has 0 saturated heterocycles. The predicted molar refractivity (Wildman–Crippen MR) is 67.7 cm³/mol. The van der Waals surface area contributed by atoms with Gasteiger partial charge in [0.2, 0.25) is 5.91 Å². The van der Waals surface area contributed by atoms with Gasteiger partial charge in [0, 0.05) is 12.3 Å². The van der Waals surface area contributed by atoms with Gasteiger partial charge in [-0.15, -0.1) is 0 Å². The number of nitrogens with one attached hydrogen (secondary N) is 1. The Morgan fingerprint density at radius 2 is 2.22 bits per heavy atom. The standard InChI is InChI=1S/C14H21NO3/c16-14(12-6-2-1-3-7-12)15-18-11-5-9-13-8-4-10-17-13/h4,8,10,12H,1-3,5-7,9,11H2,(H,15,16). The van der Waals surface area contributed by atoms with E-state index in [2.05, 4.69) is 5.48 Å². The van der Waals surface area contributed by atoms with Crippen LogP contribution in [0.4, 0.5) is 0 Å². The second-order valence-electron chi connectivity index (χ2n) is 4.83. The third-order valence-corrected chi connectivity index (χ3v) is 3.40. The molecule has 4 nitrogen and oxygen atoms in total. The zero-order valence-corrected chi connectivity index (χ0v) is 10.7. The lowest BCUT2D eigenvalue weighted by Crippen LogP contribution is -2.32. The Balaban J connectivity index is 1.53. The number of aryl methyl sites for hydroxylation is 1. The molecule has 0 aromatic carbocycles. The average Bonchev–Trinajstić information content (AvgIpc) is 2.92. The minimum atomic E-state index is 0.0488. The molecule has 1 aliphatic carbocycles. The van der Waals surface area contributed by atoms with Gasteiger partial charge in [0.1, 0.15) is 5.76 Å². The van der Waals surface area contributed by atoms with Crippen LogP contribution in [0.5, 0.6) is 0 Å². The van der Waals surface area contributed by atoms with Crippen molar-refractivity contribution < 1.29 is 14.0 Å². The first kappa shape index (κ1) is 13.1. The normalized spacial score (nSPS) is 16.7. The third kappa shape index (κ3) is 4.18. The van der Waals surface area contributed by atoms with Crippen molar-refractivity contribution >= 4 is 5.91 Å². The quantitative estimate of drug-likeness (QED) is 0.624. The van der Waals surface area contributed by atoms with E-state index >= 15 is 0 Å². The minimum absolute atomic E-state index is 0.0488. The molecular formula is C14H21NO3. The highest BCUT2D eigenvalue weighted by Crippen LogP contribution is 2.23. The molecule has 0 aliphatic heterocycles. The van der Waals surface area contributed by atoms with E-state index < -0.39 is 0 Å². The fourth-order valence-corrected chi connectivity index (χ4v) is 2.34. The first-order valence-electron chi connectivity index (χ1n) is 6.80. The summed E-state index contributed by atoms with van der Waals surface area (Å²) in [5.41, 5.74) is 2.56. The summed E-state index contributed by atoms with van der Waals surface area (Å²) in [5, 5.41) is 0. The number of hydroxylamine groups is 1. The number of carbonyl (C=O) groups excluding carboxylic acids is 1. The molecule has 2 rings (SSSR count). The lowest BCUT2D eigenvalue weighted by Gasteiger charge is -2.20. The molecule has 1 fully saturated rings. The number of furan rings is 1. The maximum Gasteiger partial charge on any atom is 0.246 e. The van der Waals surface area contributed by atoms with Crippen LogP contribution in [0.3, 0.4) is 0 Å². The molecular weight excluding hydrogens is 230 g/mol. The van der Waals surface area contributed by atoms with Crippen molar-refractivity contribution in [2.45, 2.75) is 44.9 Å². The molecule has 100 valence electrons. The zero-order chi connectivity index (χ0) is 12.6. The summed E-state index contributed by atoms with van der Waals surface area (Å²) < 4.78 is 5.21. The molecule has 0 radical (unpaired) electrons. The Morgan fingerprint density at radius 1 is 1.39 bits per heavy atom. The molecule has 1 amide bonds. The second-order valence-corrected chi connectivity index (χ2v) is 4.83. The molecule has 0 unspecified atom stereocenters. The highest BCUT2D eigenvalue weighted by atomic mass is 16.6. The Hall–Kier alpha value is -1.29. The Kier molecular flexibility index (Phi) is 5.27. The van der Waals surface area contributed by atoms with Gasteiger partial charge in [-0.25, -0.2) is 5.48 Å². The summed E-state index contributed by atoms with van der Waals surface area (Å²) in [6.45, 7) is 0.527. The van der Waals surface area contributed by atoms with Crippen LogP contribution in [-0.2, 0) is 16.1 Å². The van der Waals surface area contributed by atoms with Crippen molar-refractivity contribution in [1.29, 1.82) is 0 Å². The first-order chi connectivity index (χ1) is 8.86. The molecule has 1 N–H and O–H groups in total. The van der Waals surface area contributed by atoms with Crippen LogP contribution in [0.15, 0.2) is 22.8 Å². The minimum Gasteiger partial charge on any atom is -0.469 e. The fraction of sp³-hybridized carbons (Fsp3) is 0.643. The fourth-order valence-electron chi connectivity index (χ4n) is 2.34. The van der Waals surface area contributed by atoms with E-state index in [1.165, 1.54) is 6.42 Å². The van der Waals surface area contributed by atoms with E-state index in [9.17, 15) is 4.79 Å². The van der Waals surface area contributed by atoms with Crippen LogP contribution >= 0.6 is 0 Å². The van der Waals surface area contributed by atoms with Gasteiger partial charge in [-0.3, -0.25) is 9.63 Å². The van der Waals surface area contributed by atoms with Crippen molar-refractivity contribution in [2.75, 3.05) is 6.61 Å². The summed E-state index contributed by atoms with van der Waals surface area (Å²) in [7, 11) is 0. The lowest BCUT2D eigenvalue weighted by atomic mass is 9.89. The van der Waals surface area contributed by atoms with Gasteiger partial charge in [0.05, 0.1) is 12.9 Å². The van der Waals surface area contributed by atoms with E-state index in [0.29, 0.717) is 6.61 Å². The largest absolute Gasteiger partial charge is 0.469 e. The molecule has 0 bridgehead atoms. The van der Waals surface area contributed by atoms with E-state index in [4.69, 9.17) is 9.25 Å². The molecule has 0 spiro atoms. The van der Waals surface area contributed by atoms with Crippen LogP contribution < -0.4 is 5.48 Å². The second kappa shape index (κ2) is 7.21. The molecule has 0 atom stereocenters. The van der Waals surface area contributed by atoms with Gasteiger partial charge in [0.15, 0.2) is 0 Å². The van der Waals surface area contributed by atoms with Crippen LogP contribution in [0.2, 0.25) is 0 Å². The van der Waals surface area contributed by atoms with Gasteiger partial charge >= 0.3 is 0 Å². The maximum absolute atomic E-state index is 11.7. The summed E-state index contributed by atoms with van der Waals surface area (Å²) in [4.78, 5) is 16.9. The summed E-state index contributed by atoms with van der Waals surface area (Å²) in [6.07, 6.45) is 8.94. The monoisotopic (exact) mass is 251 g/mol. The van der Waals surface area contributed by atoms with E-state index in [1.54, 1.807) is 6.26 Å². The number of hydrogen-bond donors (Lipinski definition) is 1. The van der Waals surface area contributed by atoms with Crippen LogP contribution in [0.1, 0.15) is 44.3 Å². The number of carbonyl (C=O) groups is 1. The molecule has 4 heteroatoms. The van der Waals surface area contributed by atoms with Gasteiger partial charge in [-0.1, -0.05) is 19.3 Å². The van der Waals surface area contributed by atoms with Crippen LogP contribution in [-0.4, -0.2) is 12.5 Å². The molecule has 1 aromatic heterocycles. The lowest BCUT2D eigenvalue weighted by molar-refractivity contribution is -0.138. The summed E-state index contributed by atoms with van der Waals surface area (Å²) in [6, 6.07) is 3.82. The maximum atomic E-state index is 11.7. The van der Waals surface area contributed by atoms with E-state index in [1.807, 2.05) is 12.1 Å². The van der Waals surface area contributed by atoms with Gasteiger partial charge in [-0.2, -0.15) is 0 Å². The smallest absolute Gasteiger partial charge is 0.246 e. The molecule has 1 aliphatic rings. The van der Waals surface area contributed by atoms with Crippen molar-refractivity contribution in [1.82, 2.24) is 5.48 Å². The topological polar surface area (TPSA) is 51.5 Å². The highest BCUT2D eigenvalue weighted by Gasteiger charge is 2.20. The van der Waals surface area contributed by atoms with E-state index in [-0.39, 0.29) is 11.8 Å². The number of rotatable bonds is 6. The van der Waals surface area contributed by atoms with Gasteiger partial charge < -0.3 is 4.42 Å². The molecule has 18 heavy (non-hydrogen) atoms. The average molecular weight is 251 g/mol. The summed E-state index contributed by atoms with van der Waals surface area (Å²) >= 11 is 0. The van der Waals surface area contributed by atoms with Gasteiger partial charge in [0.25, 0.3) is 0 Å². The highest BCUT2D eigenvalue weighted by molar-refractivity contribution is 5.77. The Morgan fingerprint density at radius 3 is 2.94 bits per heavy atom. The number of amides is 1. The molecule has 1 heterocycles. The SMILES string of the molecule is O=C(NOCCCc1ccco1)C1CCCCC1. The third-order valence-electron chi connectivity index (χ3n) is 3.40. The van der Waals surface area contributed by atoms with Crippen molar-refractivity contribution in [3.05, 3.63) is 24.2 Å². The van der Waals surface area contributed by atoms with Crippen molar-refractivity contribution in [3.63, 3.8) is 0 Å². The van der Waals surface area contributed by atoms with Crippen LogP contribution in [0, 0.1) is 5.92 Å². The van der Waals surface area contributed by atoms with Crippen molar-refractivity contribution in [3.8, 4) is 0 Å². The number of hydrogen-bond acceptors (Lipinski definition) is 3. The first-order valence-corrected chi connectivity index (χ1v) is 6.80. The Labute approximate surface area is 108 Å². The zero-order valence-electron chi connectivity index (χ0n) is 10.7. The van der Waals surface area contributed by atoms with Gasteiger partial charge in [-0.05, 0) is 31.4 Å².